The van der Waals surface area contributed by atoms with Crippen molar-refractivity contribution in [1.29, 1.82) is 5.26 Å². The number of benzene rings is 2. The van der Waals surface area contributed by atoms with E-state index in [2.05, 4.69) is 0 Å². The fourth-order valence-electron chi connectivity index (χ4n) is 3.98. The van der Waals surface area contributed by atoms with Gasteiger partial charge in [-0.2, -0.15) is 5.26 Å². The maximum atomic E-state index is 13.2. The lowest BCUT2D eigenvalue weighted by Crippen LogP contribution is -2.41. The van der Waals surface area contributed by atoms with Crippen molar-refractivity contribution in [2.24, 2.45) is 5.73 Å². The third-order valence-electron chi connectivity index (χ3n) is 5.65. The quantitative estimate of drug-likeness (QED) is 0.431. The number of anilines is 1. The molecule has 11 nitrogen and oxygen atoms in total. The first-order chi connectivity index (χ1) is 17.5. The van der Waals surface area contributed by atoms with Crippen molar-refractivity contribution in [2.45, 2.75) is 10.8 Å². The standard InChI is InChI=1S/C25H23N3O8S/c1-34-23(29)16-12-15(37(4,32)33)10-11-18(16)28-21(25(31)36-3)20(24(30)35-2)19(17(13-26)22(28)27)14-8-6-5-7-9-14/h5-12,19H,27H2,1-4H3. The molecule has 0 fully saturated rings. The highest BCUT2D eigenvalue weighted by Gasteiger charge is 2.44. The van der Waals surface area contributed by atoms with E-state index in [0.717, 1.165) is 38.6 Å². The van der Waals surface area contributed by atoms with E-state index < -0.39 is 39.4 Å². The number of esters is 3. The van der Waals surface area contributed by atoms with Gasteiger partial charge in [-0.15, -0.1) is 0 Å². The Morgan fingerprint density at radius 3 is 2.05 bits per heavy atom. The van der Waals surface area contributed by atoms with Crippen LogP contribution in [0.5, 0.6) is 0 Å². The highest BCUT2D eigenvalue weighted by atomic mass is 32.2. The van der Waals surface area contributed by atoms with Crippen molar-refractivity contribution in [3.63, 3.8) is 0 Å². The van der Waals surface area contributed by atoms with E-state index in [1.165, 1.54) is 12.1 Å². The second kappa shape index (κ2) is 10.5. The summed E-state index contributed by atoms with van der Waals surface area (Å²) in [4.78, 5) is 39.8. The van der Waals surface area contributed by atoms with Crippen LogP contribution in [0, 0.1) is 11.3 Å². The van der Waals surface area contributed by atoms with Crippen LogP contribution in [-0.4, -0.2) is 53.9 Å². The van der Waals surface area contributed by atoms with Gasteiger partial charge in [0.1, 0.15) is 11.5 Å². The number of hydrogen-bond acceptors (Lipinski definition) is 11. The number of allylic oxidation sites excluding steroid dienone is 1. The van der Waals surface area contributed by atoms with Crippen molar-refractivity contribution in [1.82, 2.24) is 0 Å². The third-order valence-corrected chi connectivity index (χ3v) is 6.76. The molecule has 1 heterocycles. The van der Waals surface area contributed by atoms with Gasteiger partial charge in [-0.3, -0.25) is 4.90 Å². The molecule has 2 aromatic carbocycles. The van der Waals surface area contributed by atoms with Gasteiger partial charge in [-0.05, 0) is 23.8 Å². The van der Waals surface area contributed by atoms with E-state index in [0.29, 0.717) is 5.56 Å². The molecule has 0 aromatic heterocycles. The molecule has 0 spiro atoms. The molecule has 2 aromatic rings. The largest absolute Gasteiger partial charge is 0.466 e. The van der Waals surface area contributed by atoms with E-state index in [9.17, 15) is 28.1 Å². The lowest BCUT2D eigenvalue weighted by atomic mass is 9.80. The molecular weight excluding hydrogens is 502 g/mol. The SMILES string of the molecule is COC(=O)C1=C(C(=O)OC)N(c2ccc(S(C)(=O)=O)cc2C(=O)OC)C(N)=C(C#N)C1c1ccccc1. The first-order valence-corrected chi connectivity index (χ1v) is 12.5. The predicted molar refractivity (Wildman–Crippen MR) is 130 cm³/mol. The van der Waals surface area contributed by atoms with Crippen molar-refractivity contribution >= 4 is 33.4 Å². The van der Waals surface area contributed by atoms with Crippen molar-refractivity contribution in [3.05, 3.63) is 82.3 Å². The summed E-state index contributed by atoms with van der Waals surface area (Å²) in [5.74, 6) is -4.33. The number of hydrogen-bond donors (Lipinski definition) is 1. The molecule has 0 aliphatic carbocycles. The van der Waals surface area contributed by atoms with Crippen LogP contribution in [0.4, 0.5) is 5.69 Å². The van der Waals surface area contributed by atoms with Gasteiger partial charge in [0.15, 0.2) is 9.84 Å². The summed E-state index contributed by atoms with van der Waals surface area (Å²) in [5.41, 5.74) is 5.66. The Morgan fingerprint density at radius 2 is 1.54 bits per heavy atom. The van der Waals surface area contributed by atoms with Crippen LogP contribution < -0.4 is 10.6 Å². The van der Waals surface area contributed by atoms with Gasteiger partial charge in [0.2, 0.25) is 0 Å². The van der Waals surface area contributed by atoms with Crippen molar-refractivity contribution in [2.75, 3.05) is 32.5 Å². The molecule has 1 atom stereocenters. The molecule has 0 saturated heterocycles. The fraction of sp³-hybridized carbons (Fsp3) is 0.200. The van der Waals surface area contributed by atoms with Crippen LogP contribution in [0.25, 0.3) is 0 Å². The summed E-state index contributed by atoms with van der Waals surface area (Å²) in [6.07, 6.45) is 0.950. The highest BCUT2D eigenvalue weighted by Crippen LogP contribution is 2.44. The molecule has 0 saturated carbocycles. The molecule has 0 radical (unpaired) electrons. The van der Waals surface area contributed by atoms with Crippen LogP contribution in [0.2, 0.25) is 0 Å². The zero-order valence-electron chi connectivity index (χ0n) is 20.3. The Bertz CT molecular complexity index is 1490. The van der Waals surface area contributed by atoms with Gasteiger partial charge in [0.25, 0.3) is 0 Å². The normalized spacial score (nSPS) is 15.6. The minimum Gasteiger partial charge on any atom is -0.466 e. The number of ether oxygens (including phenoxy) is 3. The van der Waals surface area contributed by atoms with Gasteiger partial charge in [-0.1, -0.05) is 30.3 Å². The molecule has 0 amide bonds. The number of nitriles is 1. The zero-order chi connectivity index (χ0) is 27.5. The van der Waals surface area contributed by atoms with E-state index >= 15 is 0 Å². The molecule has 1 unspecified atom stereocenters. The molecule has 0 bridgehead atoms. The second-order valence-electron chi connectivity index (χ2n) is 7.78. The van der Waals surface area contributed by atoms with Crippen LogP contribution in [0.1, 0.15) is 21.8 Å². The van der Waals surface area contributed by atoms with E-state index in [1.807, 2.05) is 6.07 Å². The highest BCUT2D eigenvalue weighted by molar-refractivity contribution is 7.90. The Labute approximate surface area is 213 Å². The van der Waals surface area contributed by atoms with Crippen LogP contribution in [-0.2, 0) is 33.6 Å². The number of rotatable bonds is 6. The molecule has 12 heteroatoms. The smallest absolute Gasteiger partial charge is 0.355 e. The number of nitrogens with zero attached hydrogens (tertiary/aromatic N) is 2. The molecule has 1 aliphatic heterocycles. The van der Waals surface area contributed by atoms with Gasteiger partial charge in [-0.25, -0.2) is 22.8 Å². The Kier molecular flexibility index (Phi) is 7.69. The van der Waals surface area contributed by atoms with Crippen LogP contribution in [0.15, 0.2) is 76.1 Å². The summed E-state index contributed by atoms with van der Waals surface area (Å²) in [7, 11) is -0.490. The first kappa shape index (κ1) is 27.0. The second-order valence-corrected chi connectivity index (χ2v) is 9.79. The van der Waals surface area contributed by atoms with E-state index in [1.54, 1.807) is 30.3 Å². The summed E-state index contributed by atoms with van der Waals surface area (Å²) in [6.45, 7) is 0. The van der Waals surface area contributed by atoms with Crippen LogP contribution >= 0.6 is 0 Å². The Hall–Kier alpha value is -4.63. The number of carbonyl (C=O) groups excluding carboxylic acids is 3. The number of nitrogens with two attached hydrogens (primary N) is 1. The summed E-state index contributed by atoms with van der Waals surface area (Å²) < 4.78 is 39.1. The van der Waals surface area contributed by atoms with Gasteiger partial charge in [0.05, 0.1) is 60.6 Å². The summed E-state index contributed by atoms with van der Waals surface area (Å²) >= 11 is 0. The molecule has 192 valence electrons. The summed E-state index contributed by atoms with van der Waals surface area (Å²) in [6, 6.07) is 13.8. The van der Waals surface area contributed by atoms with Gasteiger partial charge >= 0.3 is 17.9 Å². The van der Waals surface area contributed by atoms with Crippen molar-refractivity contribution in [3.8, 4) is 6.07 Å². The lowest BCUT2D eigenvalue weighted by molar-refractivity contribution is -0.139. The van der Waals surface area contributed by atoms with Crippen molar-refractivity contribution < 1.29 is 37.0 Å². The first-order valence-electron chi connectivity index (χ1n) is 10.6. The predicted octanol–water partition coefficient (Wildman–Crippen LogP) is 1.77. The maximum absolute atomic E-state index is 13.2. The zero-order valence-corrected chi connectivity index (χ0v) is 21.2. The fourth-order valence-corrected chi connectivity index (χ4v) is 4.62. The Balaban J connectivity index is 2.50. The minimum absolute atomic E-state index is 0.123. The van der Waals surface area contributed by atoms with Crippen LogP contribution in [0.3, 0.4) is 0 Å². The molecule has 3 rings (SSSR count). The number of sulfone groups is 1. The van der Waals surface area contributed by atoms with E-state index in [4.69, 9.17) is 19.9 Å². The van der Waals surface area contributed by atoms with Gasteiger partial charge in [0, 0.05) is 6.26 Å². The van der Waals surface area contributed by atoms with E-state index in [-0.39, 0.29) is 33.1 Å². The molecule has 1 aliphatic rings. The minimum atomic E-state index is -3.75. The average molecular weight is 526 g/mol. The topological polar surface area (TPSA) is 166 Å². The van der Waals surface area contributed by atoms with Gasteiger partial charge < -0.3 is 19.9 Å². The maximum Gasteiger partial charge on any atom is 0.355 e. The Morgan fingerprint density at radius 1 is 0.946 bits per heavy atom. The molecule has 37 heavy (non-hydrogen) atoms. The molecular formula is C25H23N3O8S. The lowest BCUT2D eigenvalue weighted by Gasteiger charge is -2.36. The summed E-state index contributed by atoms with van der Waals surface area (Å²) in [5, 5.41) is 10.1. The number of methoxy groups -OCH3 is 3. The monoisotopic (exact) mass is 525 g/mol. The third kappa shape index (κ3) is 4.89. The molecule has 2 N–H and O–H groups in total. The number of carbonyl (C=O) groups is 3. The average Bonchev–Trinajstić information content (AvgIpc) is 2.90.